The zero-order chi connectivity index (χ0) is 14.5. The number of rotatable bonds is 3. The Kier molecular flexibility index (Phi) is 3.09. The number of benzene rings is 1. The average molecular weight is 377 g/mol. The van der Waals surface area contributed by atoms with E-state index in [0.29, 0.717) is 6.07 Å². The van der Waals surface area contributed by atoms with E-state index >= 15 is 0 Å². The Labute approximate surface area is 107 Å². The Morgan fingerprint density at radius 2 is 1.67 bits per heavy atom. The van der Waals surface area contributed by atoms with E-state index in [1.165, 1.54) is 4.83 Å². The van der Waals surface area contributed by atoms with Gasteiger partial charge in [-0.2, -0.15) is 4.83 Å². The Balaban J connectivity index is 3.52. The quantitative estimate of drug-likeness (QED) is 0.483. The van der Waals surface area contributed by atoms with Gasteiger partial charge in [0.1, 0.15) is 4.90 Å². The molecule has 1 aromatic carbocycles. The fourth-order valence-corrected chi connectivity index (χ4v) is 3.53. The summed E-state index contributed by atoms with van der Waals surface area (Å²) in [4.78, 5) is -1.52. The third-order valence-electron chi connectivity index (χ3n) is 1.79. The van der Waals surface area contributed by atoms with E-state index in [2.05, 4.69) is 21.8 Å². The van der Waals surface area contributed by atoms with Crippen LogP contribution in [0.25, 0.3) is 0 Å². The molecule has 0 atom stereocenters. The largest absolute Gasteiger partial charge is 0.310 e. The molecule has 0 aromatic heterocycles. The zero-order valence-electron chi connectivity index (χ0n) is 8.21. The highest BCUT2D eigenvalue weighted by molar-refractivity contribution is 9.10. The molecule has 0 saturated carbocycles. The van der Waals surface area contributed by atoms with Crippen molar-refractivity contribution in [1.82, 2.24) is 4.83 Å². The third kappa shape index (κ3) is 3.32. The first kappa shape index (κ1) is 15.6. The summed E-state index contributed by atoms with van der Waals surface area (Å²) in [6.45, 7) is 0. The maximum atomic E-state index is 12.4. The second-order valence-electron chi connectivity index (χ2n) is 3.18. The van der Waals surface area contributed by atoms with Crippen molar-refractivity contribution in [2.75, 3.05) is 0 Å². The molecule has 4 nitrogen and oxygen atoms in total. The van der Waals surface area contributed by atoms with Gasteiger partial charge in [-0.1, -0.05) is 19.4 Å². The van der Waals surface area contributed by atoms with Crippen molar-refractivity contribution in [2.24, 2.45) is 5.84 Å². The van der Waals surface area contributed by atoms with E-state index in [1.54, 1.807) is 0 Å². The van der Waals surface area contributed by atoms with E-state index < -0.39 is 34.5 Å². The Hall–Kier alpha value is -0.430. The maximum Gasteiger partial charge on any atom is 0.310 e. The van der Waals surface area contributed by atoms with Crippen molar-refractivity contribution >= 4 is 36.2 Å². The van der Waals surface area contributed by atoms with Crippen LogP contribution in [0.4, 0.5) is 19.4 Å². The summed E-state index contributed by atoms with van der Waals surface area (Å²) >= 11 is 2.48. The fourth-order valence-electron chi connectivity index (χ4n) is 1.00. The molecule has 18 heavy (non-hydrogen) atoms. The minimum absolute atomic E-state index is 0.00816. The van der Waals surface area contributed by atoms with Gasteiger partial charge in [0.05, 0.1) is 4.90 Å². The van der Waals surface area contributed by atoms with Crippen molar-refractivity contribution in [2.45, 2.75) is 9.79 Å². The van der Waals surface area contributed by atoms with Gasteiger partial charge in [0.2, 0.25) is 0 Å². The second-order valence-corrected chi connectivity index (χ2v) is 8.13. The number of hydrazine groups is 1. The summed E-state index contributed by atoms with van der Waals surface area (Å²) < 4.78 is 83.9. The predicted molar refractivity (Wildman–Crippen MR) is 60.0 cm³/mol. The topological polar surface area (TPSA) is 72.2 Å². The number of halogens is 6. The SMILES string of the molecule is NNS(=O)(=O)c1ccc(S(F)(F)(F)(F)F)cc1Br. The summed E-state index contributed by atoms with van der Waals surface area (Å²) in [6, 6.07) is 0.356. The van der Waals surface area contributed by atoms with Crippen LogP contribution in [0.2, 0.25) is 0 Å². The summed E-state index contributed by atoms with van der Waals surface area (Å²) in [5.74, 6) is 4.66. The smallest absolute Gasteiger partial charge is 0.257 e. The van der Waals surface area contributed by atoms with E-state index in [1.807, 2.05) is 0 Å². The normalized spacial score (nSPS) is 17.1. The molecule has 0 amide bonds. The Morgan fingerprint density at radius 3 is 2.00 bits per heavy atom. The van der Waals surface area contributed by atoms with Crippen LogP contribution in [0.3, 0.4) is 0 Å². The molecule has 0 fully saturated rings. The molecule has 3 N–H and O–H groups in total. The molecule has 0 aliphatic heterocycles. The van der Waals surface area contributed by atoms with E-state index in [9.17, 15) is 27.8 Å². The van der Waals surface area contributed by atoms with Crippen LogP contribution in [-0.2, 0) is 10.0 Å². The first-order valence-corrected chi connectivity index (χ1v) is 8.16. The van der Waals surface area contributed by atoms with Gasteiger partial charge in [0.25, 0.3) is 10.0 Å². The van der Waals surface area contributed by atoms with Crippen LogP contribution in [0.15, 0.2) is 32.5 Å². The molecule has 0 saturated heterocycles. The van der Waals surface area contributed by atoms with Gasteiger partial charge < -0.3 is 0 Å². The highest BCUT2D eigenvalue weighted by Crippen LogP contribution is 3.02. The van der Waals surface area contributed by atoms with Crippen molar-refractivity contribution in [3.05, 3.63) is 22.7 Å². The molecular weight excluding hydrogens is 371 g/mol. The van der Waals surface area contributed by atoms with Crippen LogP contribution < -0.4 is 10.7 Å². The zero-order valence-corrected chi connectivity index (χ0v) is 11.4. The van der Waals surface area contributed by atoms with Crippen molar-refractivity contribution in [1.29, 1.82) is 0 Å². The van der Waals surface area contributed by atoms with Gasteiger partial charge in [-0.05, 0) is 34.1 Å². The molecule has 0 aliphatic carbocycles. The minimum Gasteiger partial charge on any atom is -0.257 e. The highest BCUT2D eigenvalue weighted by Gasteiger charge is 2.65. The van der Waals surface area contributed by atoms with Gasteiger partial charge in [-0.25, -0.2) is 8.42 Å². The van der Waals surface area contributed by atoms with Crippen LogP contribution in [0, 0.1) is 0 Å². The second kappa shape index (κ2) is 3.56. The summed E-state index contributed by atoms with van der Waals surface area (Å²) in [5, 5.41) is 0. The van der Waals surface area contributed by atoms with E-state index in [4.69, 9.17) is 0 Å². The van der Waals surface area contributed by atoms with Crippen molar-refractivity contribution < 1.29 is 27.8 Å². The lowest BCUT2D eigenvalue weighted by atomic mass is 10.4. The molecular formula is C6H6BrF5N2O2S2. The number of hydrogen-bond acceptors (Lipinski definition) is 3. The van der Waals surface area contributed by atoms with Crippen molar-refractivity contribution in [3.63, 3.8) is 0 Å². The van der Waals surface area contributed by atoms with Crippen LogP contribution >= 0.6 is 26.2 Å². The first-order chi connectivity index (χ1) is 7.67. The lowest BCUT2D eigenvalue weighted by molar-refractivity contribution is 0.363. The molecule has 0 heterocycles. The number of hydrogen-bond donors (Lipinski definition) is 2. The molecule has 0 bridgehead atoms. The predicted octanol–water partition coefficient (Wildman–Crippen LogP) is 3.26. The van der Waals surface area contributed by atoms with E-state index in [-0.39, 0.29) is 12.1 Å². The van der Waals surface area contributed by atoms with Gasteiger partial charge in [-0.3, -0.25) is 5.84 Å². The van der Waals surface area contributed by atoms with Crippen LogP contribution in [0.5, 0.6) is 0 Å². The maximum absolute atomic E-state index is 12.4. The van der Waals surface area contributed by atoms with Crippen molar-refractivity contribution in [3.8, 4) is 0 Å². The molecule has 12 heteroatoms. The average Bonchev–Trinajstić information content (AvgIpc) is 2.13. The minimum atomic E-state index is -9.84. The molecule has 0 aliphatic rings. The number of sulfonamides is 1. The fraction of sp³-hybridized carbons (Fsp3) is 0. The molecule has 0 radical (unpaired) electrons. The third-order valence-corrected chi connectivity index (χ3v) is 5.10. The number of nitrogens with one attached hydrogen (secondary N) is 1. The summed E-state index contributed by atoms with van der Waals surface area (Å²) in [5.41, 5.74) is 0. The number of nitrogens with two attached hydrogens (primary N) is 1. The van der Waals surface area contributed by atoms with Gasteiger partial charge in [0, 0.05) is 4.47 Å². The molecule has 1 aromatic rings. The highest BCUT2D eigenvalue weighted by atomic mass is 79.9. The van der Waals surface area contributed by atoms with Crippen LogP contribution in [0.1, 0.15) is 0 Å². The molecule has 0 spiro atoms. The Bertz CT molecular complexity index is 600. The van der Waals surface area contributed by atoms with Gasteiger partial charge in [0.15, 0.2) is 0 Å². The lowest BCUT2D eigenvalue weighted by Gasteiger charge is -2.40. The summed E-state index contributed by atoms with van der Waals surface area (Å²) in [6.07, 6.45) is 0. The van der Waals surface area contributed by atoms with E-state index in [0.717, 1.165) is 0 Å². The molecule has 0 unspecified atom stereocenters. The lowest BCUT2D eigenvalue weighted by Crippen LogP contribution is -2.30. The monoisotopic (exact) mass is 376 g/mol. The molecule has 1 rings (SSSR count). The Morgan fingerprint density at radius 1 is 1.17 bits per heavy atom. The van der Waals surface area contributed by atoms with Crippen LogP contribution in [-0.4, -0.2) is 8.42 Å². The summed E-state index contributed by atoms with van der Waals surface area (Å²) in [7, 11) is -14.1. The molecule has 106 valence electrons. The first-order valence-electron chi connectivity index (χ1n) is 3.93. The van der Waals surface area contributed by atoms with Gasteiger partial charge >= 0.3 is 10.2 Å². The standard InChI is InChI=1S/C6H6BrF5N2O2S2/c7-5-3-4(18(8,9,10,11)12)1-2-6(5)17(15,16)14-13/h1-3,14H,13H2. The van der Waals surface area contributed by atoms with Gasteiger partial charge in [-0.15, -0.1) is 0 Å².